The molecule has 2 rings (SSSR count). The van der Waals surface area contributed by atoms with Crippen molar-refractivity contribution in [2.45, 2.75) is 6.92 Å². The third-order valence-corrected chi connectivity index (χ3v) is 1.61. The van der Waals surface area contributed by atoms with E-state index in [0.717, 1.165) is 0 Å². The van der Waals surface area contributed by atoms with E-state index < -0.39 is 0 Å². The maximum atomic E-state index is 4.00. The van der Waals surface area contributed by atoms with Gasteiger partial charge in [-0.05, 0) is 6.92 Å². The molecule has 2 aromatic carbocycles. The van der Waals surface area contributed by atoms with Gasteiger partial charge in [0.2, 0.25) is 0 Å². The zero-order valence-corrected chi connectivity index (χ0v) is 9.01. The second kappa shape index (κ2) is 10.4. The predicted molar refractivity (Wildman–Crippen MR) is 66.0 cm³/mol. The molecule has 0 fully saturated rings. The lowest BCUT2D eigenvalue weighted by Crippen LogP contribution is -2.02. The van der Waals surface area contributed by atoms with E-state index in [1.165, 1.54) is 5.56 Å². The molecular weight excluding hydrogens is 184 g/mol. The van der Waals surface area contributed by atoms with Gasteiger partial charge in [-0.25, -0.2) is 0 Å². The Bertz CT molecular complexity index is 279. The van der Waals surface area contributed by atoms with Crippen molar-refractivity contribution in [3.63, 3.8) is 0 Å². The fourth-order valence-electron chi connectivity index (χ4n) is 0.919. The maximum absolute atomic E-state index is 4.00. The predicted octanol–water partition coefficient (Wildman–Crippen LogP) is 2.50. The SMILES string of the molecule is Cc1ccccc1.NN.c1ccccc1. The molecule has 0 aromatic heterocycles. The summed E-state index contributed by atoms with van der Waals surface area (Å²) in [7, 11) is 0. The quantitative estimate of drug-likeness (QED) is 0.509. The van der Waals surface area contributed by atoms with Crippen molar-refractivity contribution in [2.75, 3.05) is 0 Å². The minimum absolute atomic E-state index is 1.32. The van der Waals surface area contributed by atoms with Gasteiger partial charge in [-0.3, -0.25) is 11.7 Å². The lowest BCUT2D eigenvalue weighted by atomic mass is 10.2. The molecule has 80 valence electrons. The lowest BCUT2D eigenvalue weighted by molar-refractivity contribution is 1.26. The van der Waals surface area contributed by atoms with Crippen LogP contribution in [0.5, 0.6) is 0 Å². The Morgan fingerprint density at radius 3 is 1.07 bits per heavy atom. The lowest BCUT2D eigenvalue weighted by Gasteiger charge is -1.82. The molecule has 0 saturated carbocycles. The van der Waals surface area contributed by atoms with Crippen LogP contribution in [0, 0.1) is 6.92 Å². The van der Waals surface area contributed by atoms with Crippen molar-refractivity contribution >= 4 is 0 Å². The summed E-state index contributed by atoms with van der Waals surface area (Å²) < 4.78 is 0. The Balaban J connectivity index is 0.000000227. The second-order valence-corrected chi connectivity index (χ2v) is 2.81. The van der Waals surface area contributed by atoms with Crippen molar-refractivity contribution in [1.82, 2.24) is 0 Å². The topological polar surface area (TPSA) is 52.0 Å². The summed E-state index contributed by atoms with van der Waals surface area (Å²) in [6.45, 7) is 2.08. The Hall–Kier alpha value is -1.64. The largest absolute Gasteiger partial charge is 0.274 e. The number of rotatable bonds is 0. The van der Waals surface area contributed by atoms with Crippen LogP contribution >= 0.6 is 0 Å². The number of hydrazine groups is 1. The van der Waals surface area contributed by atoms with Crippen molar-refractivity contribution < 1.29 is 0 Å². The van der Waals surface area contributed by atoms with Gasteiger partial charge in [0.25, 0.3) is 0 Å². The monoisotopic (exact) mass is 202 g/mol. The van der Waals surface area contributed by atoms with Crippen LogP contribution in [0.4, 0.5) is 0 Å². The van der Waals surface area contributed by atoms with Crippen molar-refractivity contribution in [2.24, 2.45) is 11.7 Å². The smallest absolute Gasteiger partial charge is 0.0398 e. The standard InChI is InChI=1S/C7H8.C6H6.H4N2/c1-7-5-3-2-4-6-7;1-2-4-6-5-3-1;1-2/h2-6H,1H3;1-6H;1-2H2. The Kier molecular flexibility index (Phi) is 9.30. The average molecular weight is 202 g/mol. The van der Waals surface area contributed by atoms with Gasteiger partial charge in [0.1, 0.15) is 0 Å². The Labute approximate surface area is 91.5 Å². The molecular formula is C13H18N2. The summed E-state index contributed by atoms with van der Waals surface area (Å²) in [6, 6.07) is 22.3. The van der Waals surface area contributed by atoms with Crippen LogP contribution < -0.4 is 11.7 Å². The minimum Gasteiger partial charge on any atom is -0.274 e. The van der Waals surface area contributed by atoms with Crippen LogP contribution in [0.2, 0.25) is 0 Å². The van der Waals surface area contributed by atoms with E-state index in [2.05, 4.69) is 30.7 Å². The second-order valence-electron chi connectivity index (χ2n) is 2.81. The summed E-state index contributed by atoms with van der Waals surface area (Å²) in [5, 5.41) is 0. The van der Waals surface area contributed by atoms with E-state index in [4.69, 9.17) is 0 Å². The molecule has 0 saturated heterocycles. The minimum atomic E-state index is 1.32. The van der Waals surface area contributed by atoms with Crippen LogP contribution in [-0.2, 0) is 0 Å². The molecule has 0 radical (unpaired) electrons. The van der Waals surface area contributed by atoms with Gasteiger partial charge in [0.05, 0.1) is 0 Å². The molecule has 0 atom stereocenters. The molecule has 2 nitrogen and oxygen atoms in total. The van der Waals surface area contributed by atoms with Gasteiger partial charge >= 0.3 is 0 Å². The summed E-state index contributed by atoms with van der Waals surface area (Å²) in [5.41, 5.74) is 1.32. The molecule has 0 aliphatic carbocycles. The fraction of sp³-hybridized carbons (Fsp3) is 0.0769. The average Bonchev–Trinajstić information content (AvgIpc) is 2.36. The molecule has 2 heteroatoms. The van der Waals surface area contributed by atoms with Gasteiger partial charge in [-0.2, -0.15) is 0 Å². The first-order valence-corrected chi connectivity index (χ1v) is 4.74. The molecule has 0 amide bonds. The van der Waals surface area contributed by atoms with E-state index in [0.29, 0.717) is 0 Å². The van der Waals surface area contributed by atoms with Crippen LogP contribution in [0.1, 0.15) is 5.56 Å². The van der Waals surface area contributed by atoms with E-state index in [-0.39, 0.29) is 0 Å². The van der Waals surface area contributed by atoms with Crippen molar-refractivity contribution in [1.29, 1.82) is 0 Å². The molecule has 0 spiro atoms. The zero-order chi connectivity index (χ0) is 11.4. The third kappa shape index (κ3) is 8.68. The van der Waals surface area contributed by atoms with Gasteiger partial charge < -0.3 is 0 Å². The van der Waals surface area contributed by atoms with Gasteiger partial charge in [0, 0.05) is 0 Å². The molecule has 15 heavy (non-hydrogen) atoms. The van der Waals surface area contributed by atoms with E-state index in [1.807, 2.05) is 54.6 Å². The summed E-state index contributed by atoms with van der Waals surface area (Å²) >= 11 is 0. The highest BCUT2D eigenvalue weighted by atomic mass is 15.0. The van der Waals surface area contributed by atoms with E-state index >= 15 is 0 Å². The highest BCUT2D eigenvalue weighted by Crippen LogP contribution is 1.92. The molecule has 0 heterocycles. The third-order valence-electron chi connectivity index (χ3n) is 1.61. The highest BCUT2D eigenvalue weighted by molar-refractivity contribution is 5.11. The normalized spacial score (nSPS) is 7.67. The molecule has 0 unspecified atom stereocenters. The van der Waals surface area contributed by atoms with Crippen molar-refractivity contribution in [3.8, 4) is 0 Å². The number of hydrogen-bond acceptors (Lipinski definition) is 2. The van der Waals surface area contributed by atoms with Crippen LogP contribution in [0.3, 0.4) is 0 Å². The Morgan fingerprint density at radius 2 is 0.867 bits per heavy atom. The summed E-state index contributed by atoms with van der Waals surface area (Å²) in [4.78, 5) is 0. The highest BCUT2D eigenvalue weighted by Gasteiger charge is 1.72. The first kappa shape index (κ1) is 13.4. The van der Waals surface area contributed by atoms with E-state index in [1.54, 1.807) is 0 Å². The van der Waals surface area contributed by atoms with Crippen LogP contribution in [-0.4, -0.2) is 0 Å². The van der Waals surface area contributed by atoms with Gasteiger partial charge in [0.15, 0.2) is 0 Å². The zero-order valence-electron chi connectivity index (χ0n) is 9.01. The molecule has 2 aromatic rings. The summed E-state index contributed by atoms with van der Waals surface area (Å²) in [5.74, 6) is 8.00. The number of benzene rings is 2. The van der Waals surface area contributed by atoms with Gasteiger partial charge in [-0.1, -0.05) is 72.3 Å². The van der Waals surface area contributed by atoms with Crippen molar-refractivity contribution in [3.05, 3.63) is 72.3 Å². The first-order valence-electron chi connectivity index (χ1n) is 4.74. The molecule has 4 N–H and O–H groups in total. The number of nitrogens with two attached hydrogens (primary N) is 2. The number of aryl methyl sites for hydroxylation is 1. The fourth-order valence-corrected chi connectivity index (χ4v) is 0.919. The van der Waals surface area contributed by atoms with Crippen LogP contribution in [0.15, 0.2) is 66.7 Å². The van der Waals surface area contributed by atoms with E-state index in [9.17, 15) is 0 Å². The molecule has 0 bridgehead atoms. The number of hydrogen-bond donors (Lipinski definition) is 2. The molecule has 0 aliphatic heterocycles. The Morgan fingerprint density at radius 1 is 0.600 bits per heavy atom. The van der Waals surface area contributed by atoms with Crippen LogP contribution in [0.25, 0.3) is 0 Å². The first-order chi connectivity index (χ1) is 7.39. The van der Waals surface area contributed by atoms with Gasteiger partial charge in [-0.15, -0.1) is 0 Å². The summed E-state index contributed by atoms with van der Waals surface area (Å²) in [6.07, 6.45) is 0. The molecule has 0 aliphatic rings. The maximum Gasteiger partial charge on any atom is -0.0398 e.